The average molecular weight is 279 g/mol. The maximum atomic E-state index is 13.4. The number of benzene rings is 1. The van der Waals surface area contributed by atoms with Gasteiger partial charge < -0.3 is 10.6 Å². The second-order valence-corrected chi connectivity index (χ2v) is 5.45. The molecule has 4 nitrogen and oxygen atoms in total. The van der Waals surface area contributed by atoms with Crippen LogP contribution in [0.15, 0.2) is 18.2 Å². The molecule has 110 valence electrons. The summed E-state index contributed by atoms with van der Waals surface area (Å²) in [4.78, 5) is 14.0. The van der Waals surface area contributed by atoms with E-state index in [2.05, 4.69) is 22.5 Å². The van der Waals surface area contributed by atoms with Crippen molar-refractivity contribution in [2.75, 3.05) is 26.2 Å². The number of hydrogen-bond donors (Lipinski definition) is 2. The van der Waals surface area contributed by atoms with E-state index in [9.17, 15) is 9.18 Å². The van der Waals surface area contributed by atoms with Crippen molar-refractivity contribution >= 4 is 5.91 Å². The normalized spacial score (nSPS) is 19.9. The van der Waals surface area contributed by atoms with Crippen molar-refractivity contribution in [1.29, 1.82) is 0 Å². The fourth-order valence-electron chi connectivity index (χ4n) is 2.36. The standard InChI is InChI=1S/C15H22FN3O/c1-11-3-4-13(7-14(11)16)8-18-15(20)10-19-6-5-17-12(2)9-19/h3-4,7,12,17H,5-6,8-10H2,1-2H3,(H,18,20). The smallest absolute Gasteiger partial charge is 0.234 e. The van der Waals surface area contributed by atoms with Crippen LogP contribution >= 0.6 is 0 Å². The van der Waals surface area contributed by atoms with E-state index in [1.807, 2.05) is 6.07 Å². The number of carbonyl (C=O) groups is 1. The van der Waals surface area contributed by atoms with Crippen LogP contribution in [0.25, 0.3) is 0 Å². The van der Waals surface area contributed by atoms with Crippen LogP contribution in [0.4, 0.5) is 4.39 Å². The summed E-state index contributed by atoms with van der Waals surface area (Å²) < 4.78 is 13.4. The number of nitrogens with zero attached hydrogens (tertiary/aromatic N) is 1. The van der Waals surface area contributed by atoms with Crippen LogP contribution in [0.3, 0.4) is 0 Å². The van der Waals surface area contributed by atoms with Crippen LogP contribution in [0.5, 0.6) is 0 Å². The Labute approximate surface area is 119 Å². The van der Waals surface area contributed by atoms with Gasteiger partial charge in [0, 0.05) is 32.2 Å². The minimum Gasteiger partial charge on any atom is -0.351 e. The lowest BCUT2D eigenvalue weighted by atomic mass is 10.1. The third-order valence-corrected chi connectivity index (χ3v) is 3.55. The van der Waals surface area contributed by atoms with Gasteiger partial charge in [-0.15, -0.1) is 0 Å². The third-order valence-electron chi connectivity index (χ3n) is 3.55. The van der Waals surface area contributed by atoms with Crippen molar-refractivity contribution in [2.24, 2.45) is 0 Å². The van der Waals surface area contributed by atoms with Crippen LogP contribution in [-0.4, -0.2) is 43.0 Å². The van der Waals surface area contributed by atoms with Crippen molar-refractivity contribution in [3.8, 4) is 0 Å². The van der Waals surface area contributed by atoms with Gasteiger partial charge in [0.1, 0.15) is 5.82 Å². The number of piperazine rings is 1. The minimum absolute atomic E-state index is 0.0138. The molecule has 1 unspecified atom stereocenters. The van der Waals surface area contributed by atoms with Gasteiger partial charge in [-0.3, -0.25) is 9.69 Å². The highest BCUT2D eigenvalue weighted by atomic mass is 19.1. The Bertz CT molecular complexity index is 478. The number of rotatable bonds is 4. The van der Waals surface area contributed by atoms with Crippen LogP contribution in [-0.2, 0) is 11.3 Å². The van der Waals surface area contributed by atoms with Crippen LogP contribution in [0, 0.1) is 12.7 Å². The van der Waals surface area contributed by atoms with Gasteiger partial charge in [-0.25, -0.2) is 4.39 Å². The summed E-state index contributed by atoms with van der Waals surface area (Å²) in [5.41, 5.74) is 1.41. The summed E-state index contributed by atoms with van der Waals surface area (Å²) in [5, 5.41) is 6.18. The van der Waals surface area contributed by atoms with Crippen molar-refractivity contribution < 1.29 is 9.18 Å². The maximum Gasteiger partial charge on any atom is 0.234 e. The maximum absolute atomic E-state index is 13.4. The number of carbonyl (C=O) groups excluding carboxylic acids is 1. The van der Waals surface area contributed by atoms with E-state index < -0.39 is 0 Å². The highest BCUT2D eigenvalue weighted by molar-refractivity contribution is 5.78. The molecule has 5 heteroatoms. The fraction of sp³-hybridized carbons (Fsp3) is 0.533. The Balaban J connectivity index is 1.78. The molecule has 1 aliphatic rings. The van der Waals surface area contributed by atoms with E-state index in [0.29, 0.717) is 24.7 Å². The van der Waals surface area contributed by atoms with Gasteiger partial charge in [-0.05, 0) is 31.0 Å². The van der Waals surface area contributed by atoms with Gasteiger partial charge >= 0.3 is 0 Å². The first-order valence-electron chi connectivity index (χ1n) is 7.02. The number of amides is 1. The molecule has 1 atom stereocenters. The SMILES string of the molecule is Cc1ccc(CNC(=O)CN2CCNC(C)C2)cc1F. The molecule has 1 heterocycles. The zero-order valence-corrected chi connectivity index (χ0v) is 12.1. The summed E-state index contributed by atoms with van der Waals surface area (Å²) >= 11 is 0. The zero-order chi connectivity index (χ0) is 14.5. The second kappa shape index (κ2) is 6.81. The molecule has 0 aromatic heterocycles. The third kappa shape index (κ3) is 4.28. The highest BCUT2D eigenvalue weighted by Gasteiger charge is 2.17. The lowest BCUT2D eigenvalue weighted by molar-refractivity contribution is -0.122. The first kappa shape index (κ1) is 14.9. The van der Waals surface area contributed by atoms with Gasteiger partial charge in [0.2, 0.25) is 5.91 Å². The Hall–Kier alpha value is -1.46. The predicted octanol–water partition coefficient (Wildman–Crippen LogP) is 1.04. The number of hydrogen-bond acceptors (Lipinski definition) is 3. The molecule has 1 aromatic carbocycles. The quantitative estimate of drug-likeness (QED) is 0.866. The molecule has 2 N–H and O–H groups in total. The van der Waals surface area contributed by atoms with E-state index in [0.717, 1.165) is 25.2 Å². The minimum atomic E-state index is -0.229. The van der Waals surface area contributed by atoms with Crippen LogP contribution < -0.4 is 10.6 Å². The van der Waals surface area contributed by atoms with Gasteiger partial charge in [0.15, 0.2) is 0 Å². The van der Waals surface area contributed by atoms with Gasteiger partial charge in [-0.1, -0.05) is 12.1 Å². The molecule has 1 fully saturated rings. The Morgan fingerprint density at radius 3 is 3.05 bits per heavy atom. The summed E-state index contributed by atoms with van der Waals surface area (Å²) in [7, 11) is 0. The van der Waals surface area contributed by atoms with E-state index in [4.69, 9.17) is 0 Å². The fourth-order valence-corrected chi connectivity index (χ4v) is 2.36. The van der Waals surface area contributed by atoms with Gasteiger partial charge in [0.05, 0.1) is 6.54 Å². The molecule has 1 aliphatic heterocycles. The first-order valence-corrected chi connectivity index (χ1v) is 7.02. The molecule has 0 saturated carbocycles. The molecule has 20 heavy (non-hydrogen) atoms. The van der Waals surface area contributed by atoms with Crippen LogP contribution in [0.1, 0.15) is 18.1 Å². The number of nitrogens with one attached hydrogen (secondary N) is 2. The lowest BCUT2D eigenvalue weighted by Crippen LogP contribution is -2.51. The second-order valence-electron chi connectivity index (χ2n) is 5.45. The predicted molar refractivity (Wildman–Crippen MR) is 76.9 cm³/mol. The molecule has 0 bridgehead atoms. The van der Waals surface area contributed by atoms with E-state index in [-0.39, 0.29) is 11.7 Å². The van der Waals surface area contributed by atoms with Crippen LogP contribution in [0.2, 0.25) is 0 Å². The Morgan fingerprint density at radius 1 is 1.55 bits per heavy atom. The average Bonchev–Trinajstić information content (AvgIpc) is 2.40. The number of aryl methyl sites for hydroxylation is 1. The topological polar surface area (TPSA) is 44.4 Å². The molecule has 0 spiro atoms. The Kier molecular flexibility index (Phi) is 5.09. The monoisotopic (exact) mass is 279 g/mol. The van der Waals surface area contributed by atoms with E-state index >= 15 is 0 Å². The van der Waals surface area contributed by atoms with E-state index in [1.165, 1.54) is 6.07 Å². The molecule has 2 rings (SSSR count). The summed E-state index contributed by atoms with van der Waals surface area (Å²) in [5.74, 6) is -0.243. The molecule has 0 aliphatic carbocycles. The van der Waals surface area contributed by atoms with Crippen molar-refractivity contribution in [1.82, 2.24) is 15.5 Å². The molecule has 1 amide bonds. The van der Waals surface area contributed by atoms with Crippen molar-refractivity contribution in [3.63, 3.8) is 0 Å². The zero-order valence-electron chi connectivity index (χ0n) is 12.1. The van der Waals surface area contributed by atoms with Crippen molar-refractivity contribution in [3.05, 3.63) is 35.1 Å². The first-order chi connectivity index (χ1) is 9.54. The molecule has 1 aromatic rings. The summed E-state index contributed by atoms with van der Waals surface area (Å²) in [6.07, 6.45) is 0. The van der Waals surface area contributed by atoms with Gasteiger partial charge in [0.25, 0.3) is 0 Å². The van der Waals surface area contributed by atoms with Crippen molar-refractivity contribution in [2.45, 2.75) is 26.4 Å². The Morgan fingerprint density at radius 2 is 2.35 bits per heavy atom. The largest absolute Gasteiger partial charge is 0.351 e. The molecule has 1 saturated heterocycles. The lowest BCUT2D eigenvalue weighted by Gasteiger charge is -2.31. The number of halogens is 1. The molecule has 0 radical (unpaired) electrons. The summed E-state index contributed by atoms with van der Waals surface area (Å²) in [6, 6.07) is 5.46. The highest BCUT2D eigenvalue weighted by Crippen LogP contribution is 2.08. The van der Waals surface area contributed by atoms with Gasteiger partial charge in [-0.2, -0.15) is 0 Å². The van der Waals surface area contributed by atoms with E-state index in [1.54, 1.807) is 13.0 Å². The molecular formula is C15H22FN3O. The summed E-state index contributed by atoms with van der Waals surface area (Å²) in [6.45, 7) is 7.29. The molecular weight excluding hydrogens is 257 g/mol.